The standard InChI is InChI=1S/C17H22N8O/c1-11-20-15-13(10-19-24(15)3)16(21-11)25-8-5-12(6-9-25)22-17(26)14-4-7-18-23(14)2/h4,7,10,12H,5-6,8-9H2,1-3H3,(H,22,26). The lowest BCUT2D eigenvalue weighted by atomic mass is 10.0. The molecule has 0 aliphatic carbocycles. The summed E-state index contributed by atoms with van der Waals surface area (Å²) < 4.78 is 3.36. The molecule has 9 heteroatoms. The van der Waals surface area contributed by atoms with Crippen LogP contribution in [-0.4, -0.2) is 54.6 Å². The van der Waals surface area contributed by atoms with Crippen LogP contribution in [0.3, 0.4) is 0 Å². The van der Waals surface area contributed by atoms with Crippen LogP contribution in [0.4, 0.5) is 5.82 Å². The maximum Gasteiger partial charge on any atom is 0.269 e. The van der Waals surface area contributed by atoms with Crippen LogP contribution in [0.2, 0.25) is 0 Å². The molecule has 3 aromatic rings. The summed E-state index contributed by atoms with van der Waals surface area (Å²) in [6, 6.07) is 1.88. The van der Waals surface area contributed by atoms with E-state index in [0.717, 1.165) is 48.6 Å². The van der Waals surface area contributed by atoms with Gasteiger partial charge in [0.25, 0.3) is 5.91 Å². The van der Waals surface area contributed by atoms with E-state index in [4.69, 9.17) is 0 Å². The highest BCUT2D eigenvalue weighted by Gasteiger charge is 2.25. The van der Waals surface area contributed by atoms with Crippen molar-refractivity contribution >= 4 is 22.8 Å². The Kier molecular flexibility index (Phi) is 4.06. The maximum absolute atomic E-state index is 12.4. The molecule has 0 spiro atoms. The fraction of sp³-hybridized carbons (Fsp3) is 0.471. The second kappa shape index (κ2) is 6.40. The monoisotopic (exact) mass is 354 g/mol. The molecule has 0 atom stereocenters. The van der Waals surface area contributed by atoms with Gasteiger partial charge < -0.3 is 10.2 Å². The number of aryl methyl sites for hydroxylation is 3. The Morgan fingerprint density at radius 2 is 1.92 bits per heavy atom. The van der Waals surface area contributed by atoms with Crippen molar-refractivity contribution in [2.75, 3.05) is 18.0 Å². The van der Waals surface area contributed by atoms with Crippen LogP contribution < -0.4 is 10.2 Å². The first-order chi connectivity index (χ1) is 12.5. The van der Waals surface area contributed by atoms with Gasteiger partial charge in [-0.05, 0) is 25.8 Å². The van der Waals surface area contributed by atoms with E-state index in [0.29, 0.717) is 5.69 Å². The molecule has 4 heterocycles. The van der Waals surface area contributed by atoms with Crippen molar-refractivity contribution in [1.82, 2.24) is 34.8 Å². The highest BCUT2D eigenvalue weighted by molar-refractivity contribution is 5.92. The SMILES string of the molecule is Cc1nc(N2CCC(NC(=O)c3ccnn3C)CC2)c2cnn(C)c2n1. The topological polar surface area (TPSA) is 93.8 Å². The number of hydrogen-bond donors (Lipinski definition) is 1. The number of carbonyl (C=O) groups is 1. The Morgan fingerprint density at radius 1 is 1.15 bits per heavy atom. The Bertz CT molecular complexity index is 951. The molecule has 0 aromatic carbocycles. The number of hydrogen-bond acceptors (Lipinski definition) is 6. The van der Waals surface area contributed by atoms with Crippen molar-refractivity contribution in [3.05, 3.63) is 30.0 Å². The van der Waals surface area contributed by atoms with Gasteiger partial charge in [0.2, 0.25) is 0 Å². The number of rotatable bonds is 3. The van der Waals surface area contributed by atoms with Crippen LogP contribution in [0.25, 0.3) is 11.0 Å². The molecule has 4 rings (SSSR count). The number of nitrogens with one attached hydrogen (secondary N) is 1. The Labute approximate surface area is 151 Å². The molecule has 0 saturated carbocycles. The van der Waals surface area contributed by atoms with Gasteiger partial charge in [-0.25, -0.2) is 9.97 Å². The van der Waals surface area contributed by atoms with Crippen molar-refractivity contribution in [3.63, 3.8) is 0 Å². The number of amides is 1. The smallest absolute Gasteiger partial charge is 0.269 e. The summed E-state index contributed by atoms with van der Waals surface area (Å²) >= 11 is 0. The van der Waals surface area contributed by atoms with Gasteiger partial charge in [0.1, 0.15) is 17.3 Å². The first-order valence-corrected chi connectivity index (χ1v) is 8.73. The Balaban J connectivity index is 1.46. The lowest BCUT2D eigenvalue weighted by molar-refractivity contribution is 0.0921. The molecule has 136 valence electrons. The molecule has 1 aliphatic heterocycles. The number of piperidine rings is 1. The van der Waals surface area contributed by atoms with Crippen molar-refractivity contribution in [2.24, 2.45) is 14.1 Å². The molecular formula is C17H22N8O. The lowest BCUT2D eigenvalue weighted by Gasteiger charge is -2.33. The van der Waals surface area contributed by atoms with Gasteiger partial charge in [-0.1, -0.05) is 0 Å². The van der Waals surface area contributed by atoms with Gasteiger partial charge in [0, 0.05) is 39.4 Å². The normalized spacial score (nSPS) is 15.6. The zero-order chi connectivity index (χ0) is 18.3. The summed E-state index contributed by atoms with van der Waals surface area (Å²) in [5.74, 6) is 1.59. The fourth-order valence-electron chi connectivity index (χ4n) is 3.45. The van der Waals surface area contributed by atoms with Crippen LogP contribution >= 0.6 is 0 Å². The molecule has 9 nitrogen and oxygen atoms in total. The van der Waals surface area contributed by atoms with Crippen LogP contribution in [0.1, 0.15) is 29.2 Å². The number of aromatic nitrogens is 6. The minimum atomic E-state index is -0.0732. The minimum Gasteiger partial charge on any atom is -0.356 e. The summed E-state index contributed by atoms with van der Waals surface area (Å²) in [6.45, 7) is 3.56. The Hall–Kier alpha value is -2.97. The van der Waals surface area contributed by atoms with Gasteiger partial charge in [-0.2, -0.15) is 10.2 Å². The molecule has 1 fully saturated rings. The number of nitrogens with zero attached hydrogens (tertiary/aromatic N) is 7. The van der Waals surface area contributed by atoms with Crippen LogP contribution in [-0.2, 0) is 14.1 Å². The fourth-order valence-corrected chi connectivity index (χ4v) is 3.45. The molecule has 0 unspecified atom stereocenters. The van der Waals surface area contributed by atoms with Crippen molar-refractivity contribution in [1.29, 1.82) is 0 Å². The summed E-state index contributed by atoms with van der Waals surface area (Å²) in [7, 11) is 3.66. The maximum atomic E-state index is 12.4. The van der Waals surface area contributed by atoms with Crippen LogP contribution in [0, 0.1) is 6.92 Å². The van der Waals surface area contributed by atoms with E-state index >= 15 is 0 Å². The van der Waals surface area contributed by atoms with Gasteiger partial charge in [0.15, 0.2) is 5.65 Å². The van der Waals surface area contributed by atoms with E-state index in [1.165, 1.54) is 0 Å². The second-order valence-corrected chi connectivity index (χ2v) is 6.67. The van der Waals surface area contributed by atoms with Crippen LogP contribution in [0.5, 0.6) is 0 Å². The van der Waals surface area contributed by atoms with E-state index in [-0.39, 0.29) is 11.9 Å². The first kappa shape index (κ1) is 16.5. The average Bonchev–Trinajstić information content (AvgIpc) is 3.21. The molecule has 26 heavy (non-hydrogen) atoms. The van der Waals surface area contributed by atoms with Gasteiger partial charge >= 0.3 is 0 Å². The van der Waals surface area contributed by atoms with Crippen molar-refractivity contribution < 1.29 is 4.79 Å². The average molecular weight is 354 g/mol. The van der Waals surface area contributed by atoms with E-state index in [9.17, 15) is 4.79 Å². The third-order valence-corrected chi connectivity index (χ3v) is 4.87. The highest BCUT2D eigenvalue weighted by Crippen LogP contribution is 2.26. The molecule has 0 radical (unpaired) electrons. The van der Waals surface area contributed by atoms with Gasteiger partial charge in [-0.3, -0.25) is 14.2 Å². The minimum absolute atomic E-state index is 0.0732. The molecule has 3 aromatic heterocycles. The van der Waals surface area contributed by atoms with Crippen LogP contribution in [0.15, 0.2) is 18.5 Å². The number of carbonyl (C=O) groups excluding carboxylic acids is 1. The second-order valence-electron chi connectivity index (χ2n) is 6.67. The van der Waals surface area contributed by atoms with E-state index in [1.54, 1.807) is 28.7 Å². The molecular weight excluding hydrogens is 332 g/mol. The number of fused-ring (bicyclic) bond motifs is 1. The molecule has 1 N–H and O–H groups in total. The quantitative estimate of drug-likeness (QED) is 0.748. The van der Waals surface area contributed by atoms with Crippen molar-refractivity contribution in [3.8, 4) is 0 Å². The van der Waals surface area contributed by atoms with Gasteiger partial charge in [-0.15, -0.1) is 0 Å². The van der Waals surface area contributed by atoms with E-state index in [2.05, 4.69) is 30.4 Å². The molecule has 1 saturated heterocycles. The Morgan fingerprint density at radius 3 is 2.62 bits per heavy atom. The van der Waals surface area contributed by atoms with E-state index in [1.807, 2.05) is 20.2 Å². The summed E-state index contributed by atoms with van der Waals surface area (Å²) in [5.41, 5.74) is 1.43. The van der Waals surface area contributed by atoms with E-state index < -0.39 is 0 Å². The molecule has 0 bridgehead atoms. The number of anilines is 1. The predicted molar refractivity (Wildman–Crippen MR) is 97.0 cm³/mol. The van der Waals surface area contributed by atoms with Crippen molar-refractivity contribution in [2.45, 2.75) is 25.8 Å². The third-order valence-electron chi connectivity index (χ3n) is 4.87. The van der Waals surface area contributed by atoms with Gasteiger partial charge in [0.05, 0.1) is 11.6 Å². The lowest BCUT2D eigenvalue weighted by Crippen LogP contribution is -2.45. The molecule has 1 aliphatic rings. The highest BCUT2D eigenvalue weighted by atomic mass is 16.2. The summed E-state index contributed by atoms with van der Waals surface area (Å²) in [5, 5.41) is 12.4. The first-order valence-electron chi connectivity index (χ1n) is 8.73. The largest absolute Gasteiger partial charge is 0.356 e. The zero-order valence-corrected chi connectivity index (χ0v) is 15.2. The predicted octanol–water partition coefficient (Wildman–Crippen LogP) is 0.804. The third kappa shape index (κ3) is 2.89. The zero-order valence-electron chi connectivity index (χ0n) is 15.2. The molecule has 1 amide bonds. The summed E-state index contributed by atoms with van der Waals surface area (Å²) in [4.78, 5) is 23.7. The summed E-state index contributed by atoms with van der Waals surface area (Å²) in [6.07, 6.45) is 5.19.